The van der Waals surface area contributed by atoms with Gasteiger partial charge >= 0.3 is 0 Å². The number of nitrogens with one attached hydrogen (secondary N) is 3. The van der Waals surface area contributed by atoms with Crippen molar-refractivity contribution in [3.05, 3.63) is 81.9 Å². The zero-order chi connectivity index (χ0) is 30.5. The molecule has 2 amide bonds. The maximum Gasteiger partial charge on any atom is 0.261 e. The first-order valence-electron chi connectivity index (χ1n) is 14.5. The first-order chi connectivity index (χ1) is 21.3. The van der Waals surface area contributed by atoms with Gasteiger partial charge < -0.3 is 29.9 Å². The van der Waals surface area contributed by atoms with E-state index in [1.54, 1.807) is 24.3 Å². The van der Waals surface area contributed by atoms with Crippen LogP contribution in [0.4, 0.5) is 5.69 Å². The van der Waals surface area contributed by atoms with Gasteiger partial charge in [-0.1, -0.05) is 6.07 Å². The number of aliphatic hydroxyl groups is 1. The Morgan fingerprint density at radius 1 is 1.11 bits per heavy atom. The van der Waals surface area contributed by atoms with E-state index in [9.17, 15) is 24.8 Å². The Hall–Kier alpha value is -5.25. The molecule has 0 bridgehead atoms. The average Bonchev–Trinajstić information content (AvgIpc) is 3.69. The van der Waals surface area contributed by atoms with Crippen LogP contribution >= 0.6 is 0 Å². The normalized spacial score (nSPS) is 16.5. The zero-order valence-electron chi connectivity index (χ0n) is 24.0. The van der Waals surface area contributed by atoms with Gasteiger partial charge in [-0.3, -0.25) is 19.3 Å². The second-order valence-electron chi connectivity index (χ2n) is 11.5. The van der Waals surface area contributed by atoms with E-state index >= 15 is 0 Å². The molecule has 1 atom stereocenters. The largest absolute Gasteiger partial charge is 0.389 e. The van der Waals surface area contributed by atoms with Gasteiger partial charge in [0, 0.05) is 35.9 Å². The van der Waals surface area contributed by atoms with E-state index in [1.165, 1.54) is 11.1 Å². The van der Waals surface area contributed by atoms with Gasteiger partial charge in [0.2, 0.25) is 0 Å². The second kappa shape index (κ2) is 10.8. The van der Waals surface area contributed by atoms with Crippen LogP contribution in [-0.4, -0.2) is 85.1 Å². The molecule has 12 heteroatoms. The number of imide groups is 1. The van der Waals surface area contributed by atoms with Gasteiger partial charge in [0.05, 0.1) is 52.1 Å². The van der Waals surface area contributed by atoms with Crippen molar-refractivity contribution < 1.29 is 14.7 Å². The summed E-state index contributed by atoms with van der Waals surface area (Å²) in [6.45, 7) is 2.07. The number of pyridine rings is 1. The summed E-state index contributed by atoms with van der Waals surface area (Å²) in [7, 11) is 2.03. The minimum absolute atomic E-state index is 0.126. The highest BCUT2D eigenvalue weighted by Crippen LogP contribution is 2.32. The van der Waals surface area contributed by atoms with E-state index in [0.717, 1.165) is 36.8 Å². The fraction of sp³-hybridized carbons (Fsp3) is 0.281. The number of nitrogens with zero attached hydrogens (tertiary/aromatic N) is 5. The minimum Gasteiger partial charge on any atom is -0.389 e. The SMILES string of the molecule is CN1CCC(N2C(=O)c3cc4nc(-c5c(NC[C@@H](O)Cn6ccc7c(C#N)cccc76)cc[nH]c5=O)[nH]c4cc3C2=O)CC1. The summed E-state index contributed by atoms with van der Waals surface area (Å²) < 4.78 is 1.89. The Kier molecular flexibility index (Phi) is 6.76. The van der Waals surface area contributed by atoms with E-state index in [-0.39, 0.29) is 42.3 Å². The number of imidazole rings is 1. The predicted octanol–water partition coefficient (Wildman–Crippen LogP) is 2.91. The lowest BCUT2D eigenvalue weighted by Gasteiger charge is -2.33. The van der Waals surface area contributed by atoms with Crippen molar-refractivity contribution in [2.75, 3.05) is 32.0 Å². The van der Waals surface area contributed by atoms with Gasteiger partial charge in [0.25, 0.3) is 17.4 Å². The van der Waals surface area contributed by atoms with E-state index in [1.807, 2.05) is 36.0 Å². The molecular formula is C32H30N8O4. The monoisotopic (exact) mass is 590 g/mol. The lowest BCUT2D eigenvalue weighted by atomic mass is 10.0. The molecule has 2 aliphatic rings. The van der Waals surface area contributed by atoms with Crippen molar-refractivity contribution in [2.24, 2.45) is 0 Å². The standard InChI is InChI=1S/C32H30N8O4/c1-38-10-6-19(7-11-38)40-31(43)22-13-25-26(14-23(22)32(40)44)37-29(36-25)28-24(5-9-34-30(28)42)35-16-20(41)17-39-12-8-21-18(15-33)3-2-4-27(21)39/h2-5,8-9,12-14,19-20,41H,6-7,10-11,16-17H2,1H3,(H,36,37)(H2,34,35,42)/t20-/m1/s1. The molecule has 1 fully saturated rings. The smallest absolute Gasteiger partial charge is 0.261 e. The summed E-state index contributed by atoms with van der Waals surface area (Å²) in [5, 5.41) is 24.2. The summed E-state index contributed by atoms with van der Waals surface area (Å²) in [6.07, 6.45) is 4.02. The van der Waals surface area contributed by atoms with Crippen molar-refractivity contribution in [1.82, 2.24) is 29.3 Å². The molecule has 0 spiro atoms. The molecule has 0 unspecified atom stereocenters. The zero-order valence-corrected chi connectivity index (χ0v) is 24.0. The van der Waals surface area contributed by atoms with Gasteiger partial charge in [-0.25, -0.2) is 4.98 Å². The average molecular weight is 591 g/mol. The maximum absolute atomic E-state index is 13.3. The molecule has 3 aromatic heterocycles. The lowest BCUT2D eigenvalue weighted by Crippen LogP contribution is -2.46. The number of hydrogen-bond acceptors (Lipinski definition) is 8. The number of likely N-dealkylation sites (tertiary alicyclic amines) is 1. The molecule has 4 N–H and O–H groups in total. The highest BCUT2D eigenvalue weighted by atomic mass is 16.3. The number of aromatic nitrogens is 4. The van der Waals surface area contributed by atoms with E-state index in [4.69, 9.17) is 0 Å². The number of H-pyrrole nitrogens is 2. The topological polar surface area (TPSA) is 163 Å². The Labute approximate surface area is 251 Å². The summed E-state index contributed by atoms with van der Waals surface area (Å²) in [6, 6.07) is 14.3. The van der Waals surface area contributed by atoms with Crippen LogP contribution < -0.4 is 10.9 Å². The first-order valence-corrected chi connectivity index (χ1v) is 14.5. The van der Waals surface area contributed by atoms with E-state index in [0.29, 0.717) is 33.4 Å². The van der Waals surface area contributed by atoms with Crippen molar-refractivity contribution >= 4 is 39.4 Å². The fourth-order valence-electron chi connectivity index (χ4n) is 6.33. The number of fused-ring (bicyclic) bond motifs is 3. The molecule has 7 rings (SSSR count). The number of rotatable bonds is 7. The fourth-order valence-corrected chi connectivity index (χ4v) is 6.33. The number of hydrogen-bond donors (Lipinski definition) is 4. The predicted molar refractivity (Wildman–Crippen MR) is 164 cm³/mol. The molecule has 222 valence electrons. The van der Waals surface area contributed by atoms with Gasteiger partial charge in [-0.05, 0) is 69.4 Å². The van der Waals surface area contributed by atoms with Crippen molar-refractivity contribution in [1.29, 1.82) is 5.26 Å². The summed E-state index contributed by atoms with van der Waals surface area (Å²) in [5.74, 6) is -0.333. The number of amides is 2. The molecule has 2 aliphatic heterocycles. The van der Waals surface area contributed by atoms with Crippen LogP contribution in [0, 0.1) is 11.3 Å². The number of carbonyl (C=O) groups is 2. The summed E-state index contributed by atoms with van der Waals surface area (Å²) >= 11 is 0. The molecule has 2 aromatic carbocycles. The highest BCUT2D eigenvalue weighted by Gasteiger charge is 2.41. The quantitative estimate of drug-likeness (QED) is 0.210. The molecule has 5 heterocycles. The molecule has 0 saturated carbocycles. The van der Waals surface area contributed by atoms with Gasteiger partial charge in [-0.2, -0.15) is 5.26 Å². The number of carbonyl (C=O) groups excluding carboxylic acids is 2. The Bertz CT molecular complexity index is 1990. The lowest BCUT2D eigenvalue weighted by molar-refractivity contribution is 0.0516. The Morgan fingerprint density at radius 3 is 2.66 bits per heavy atom. The molecule has 5 aromatic rings. The third-order valence-corrected chi connectivity index (χ3v) is 8.64. The number of nitriles is 1. The molecule has 44 heavy (non-hydrogen) atoms. The van der Waals surface area contributed by atoms with Crippen molar-refractivity contribution in [3.63, 3.8) is 0 Å². The number of aromatic amines is 2. The molecule has 0 radical (unpaired) electrons. The number of benzene rings is 2. The molecule has 1 saturated heterocycles. The Balaban J connectivity index is 1.12. The minimum atomic E-state index is -0.813. The van der Waals surface area contributed by atoms with Gasteiger partial charge in [0.15, 0.2) is 0 Å². The summed E-state index contributed by atoms with van der Waals surface area (Å²) in [4.78, 5) is 53.7. The van der Waals surface area contributed by atoms with Crippen LogP contribution in [0.2, 0.25) is 0 Å². The number of anilines is 1. The van der Waals surface area contributed by atoms with E-state index < -0.39 is 11.7 Å². The van der Waals surface area contributed by atoms with Crippen molar-refractivity contribution in [3.8, 4) is 17.5 Å². The van der Waals surface area contributed by atoms with Crippen LogP contribution in [0.1, 0.15) is 39.1 Å². The number of aliphatic hydroxyl groups excluding tert-OH is 1. The first kappa shape index (κ1) is 27.6. The van der Waals surface area contributed by atoms with Crippen molar-refractivity contribution in [2.45, 2.75) is 31.5 Å². The van der Waals surface area contributed by atoms with Gasteiger partial charge in [-0.15, -0.1) is 0 Å². The molecule has 12 nitrogen and oxygen atoms in total. The summed E-state index contributed by atoms with van der Waals surface area (Å²) in [5.41, 5.74) is 3.39. The van der Waals surface area contributed by atoms with E-state index in [2.05, 4.69) is 31.2 Å². The number of piperidine rings is 1. The van der Waals surface area contributed by atoms with Crippen LogP contribution in [-0.2, 0) is 6.54 Å². The third kappa shape index (κ3) is 4.63. The second-order valence-corrected chi connectivity index (χ2v) is 11.5. The van der Waals surface area contributed by atoms with Crippen LogP contribution in [0.15, 0.2) is 59.7 Å². The maximum atomic E-state index is 13.3. The van der Waals surface area contributed by atoms with Crippen LogP contribution in [0.5, 0.6) is 0 Å². The Morgan fingerprint density at radius 2 is 1.89 bits per heavy atom. The highest BCUT2D eigenvalue weighted by molar-refractivity contribution is 6.23. The van der Waals surface area contributed by atoms with Crippen LogP contribution in [0.25, 0.3) is 33.3 Å². The third-order valence-electron chi connectivity index (χ3n) is 8.64. The van der Waals surface area contributed by atoms with Gasteiger partial charge in [0.1, 0.15) is 11.4 Å². The molecular weight excluding hydrogens is 560 g/mol. The molecule has 0 aliphatic carbocycles. The van der Waals surface area contributed by atoms with Crippen LogP contribution in [0.3, 0.4) is 0 Å².